The molecule has 4 atom stereocenters. The summed E-state index contributed by atoms with van der Waals surface area (Å²) in [5.74, 6) is 0.0281. The molecule has 1 amide bonds. The van der Waals surface area contributed by atoms with Crippen molar-refractivity contribution >= 4 is 32.0 Å². The van der Waals surface area contributed by atoms with E-state index in [4.69, 9.17) is 23.7 Å². The van der Waals surface area contributed by atoms with Crippen LogP contribution < -0.4 is 14.8 Å². The number of carbonyl (C=O) groups excluding carboxylic acids is 3. The SMILES string of the molecule is COc1ccc(CO[C@@H](CC(C)C)C(=O)O[C@@H](C/C=C/C(=O)N[C@H](Cc2ccc(OC)cc2)C(=O)OCC[Si](C)(C)C)[C@H](C)/C=C/c2ccccc2)cc1. The summed E-state index contributed by atoms with van der Waals surface area (Å²) in [5.41, 5.74) is 2.78. The van der Waals surface area contributed by atoms with Crippen molar-refractivity contribution in [3.8, 4) is 11.5 Å². The second-order valence-electron chi connectivity index (χ2n) is 15.1. The molecule has 0 unspecified atom stereocenters. The van der Waals surface area contributed by atoms with Crippen LogP contribution in [0.25, 0.3) is 6.08 Å². The molecule has 3 rings (SSSR count). The van der Waals surface area contributed by atoms with E-state index >= 15 is 0 Å². The molecular weight excluding hydrogens is 699 g/mol. The molecule has 0 aliphatic heterocycles. The zero-order valence-corrected chi connectivity index (χ0v) is 34.2. The lowest BCUT2D eigenvalue weighted by Gasteiger charge is -2.25. The second kappa shape index (κ2) is 22.5. The molecule has 0 saturated heterocycles. The fourth-order valence-corrected chi connectivity index (χ4v) is 6.12. The summed E-state index contributed by atoms with van der Waals surface area (Å²) in [6.07, 6.45) is 6.68. The van der Waals surface area contributed by atoms with Crippen molar-refractivity contribution in [3.63, 3.8) is 0 Å². The fourth-order valence-electron chi connectivity index (χ4n) is 5.40. The van der Waals surface area contributed by atoms with E-state index in [9.17, 15) is 14.4 Å². The molecule has 10 heteroatoms. The van der Waals surface area contributed by atoms with Gasteiger partial charge in [0.15, 0.2) is 6.10 Å². The Hall–Kier alpha value is -4.67. The molecule has 0 heterocycles. The topological polar surface area (TPSA) is 109 Å². The molecule has 9 nitrogen and oxygen atoms in total. The van der Waals surface area contributed by atoms with Crippen molar-refractivity contribution in [2.45, 2.75) is 90.6 Å². The van der Waals surface area contributed by atoms with E-state index in [1.54, 1.807) is 20.3 Å². The Balaban J connectivity index is 1.76. The average molecular weight is 758 g/mol. The van der Waals surface area contributed by atoms with Crippen molar-refractivity contribution in [2.24, 2.45) is 11.8 Å². The molecule has 1 N–H and O–H groups in total. The van der Waals surface area contributed by atoms with Crippen LogP contribution in [-0.2, 0) is 41.6 Å². The van der Waals surface area contributed by atoms with Gasteiger partial charge in [-0.05, 0) is 65.4 Å². The Morgan fingerprint density at radius 1 is 0.796 bits per heavy atom. The van der Waals surface area contributed by atoms with Gasteiger partial charge in [-0.1, -0.05) is 113 Å². The van der Waals surface area contributed by atoms with Crippen molar-refractivity contribution in [3.05, 3.63) is 114 Å². The average Bonchev–Trinajstić information content (AvgIpc) is 3.15. The molecule has 0 fully saturated rings. The molecule has 0 spiro atoms. The maximum absolute atomic E-state index is 13.7. The van der Waals surface area contributed by atoms with Crippen molar-refractivity contribution in [1.82, 2.24) is 5.32 Å². The standard InChI is InChI=1S/C44H59NO8Si/c1-32(2)29-41(52-31-36-21-25-38(50-5)26-22-36)44(48)53-40(33(3)17-18-34-13-10-9-11-14-34)15-12-16-42(46)45-39(43(47)51-27-28-54(6,7)8)30-35-19-23-37(49-4)24-20-35/h9-14,16-26,32-33,39-41H,15,27-31H2,1-8H3,(H,45,46)/b16-12+,18-17+/t33-,39-,40+,41+/m1/s1. The third-order valence-electron chi connectivity index (χ3n) is 8.74. The van der Waals surface area contributed by atoms with Crippen LogP contribution in [0.1, 0.15) is 50.3 Å². The first-order valence-corrected chi connectivity index (χ1v) is 22.4. The van der Waals surface area contributed by atoms with Gasteiger partial charge >= 0.3 is 11.9 Å². The van der Waals surface area contributed by atoms with E-state index in [-0.39, 0.29) is 31.3 Å². The summed E-state index contributed by atoms with van der Waals surface area (Å²) < 4.78 is 28.5. The van der Waals surface area contributed by atoms with Crippen LogP contribution >= 0.6 is 0 Å². The quantitative estimate of drug-likeness (QED) is 0.0618. The lowest BCUT2D eigenvalue weighted by molar-refractivity contribution is -0.166. The third kappa shape index (κ3) is 16.6. The maximum atomic E-state index is 13.7. The van der Waals surface area contributed by atoms with Gasteiger partial charge in [0.25, 0.3) is 0 Å². The molecule has 3 aromatic carbocycles. The lowest BCUT2D eigenvalue weighted by atomic mass is 9.99. The van der Waals surface area contributed by atoms with Crippen molar-refractivity contribution in [1.29, 1.82) is 0 Å². The summed E-state index contributed by atoms with van der Waals surface area (Å²) >= 11 is 0. The Bertz CT molecular complexity index is 1630. The highest BCUT2D eigenvalue weighted by Crippen LogP contribution is 2.21. The predicted molar refractivity (Wildman–Crippen MR) is 217 cm³/mol. The fraction of sp³-hybridized carbons (Fsp3) is 0.432. The van der Waals surface area contributed by atoms with Gasteiger partial charge in [0.05, 0.1) is 27.4 Å². The Labute approximate surface area is 323 Å². The molecule has 292 valence electrons. The van der Waals surface area contributed by atoms with Gasteiger partial charge in [-0.3, -0.25) is 4.79 Å². The number of methoxy groups -OCH3 is 2. The summed E-state index contributed by atoms with van der Waals surface area (Å²) in [6, 6.07) is 24.7. The van der Waals surface area contributed by atoms with Gasteiger partial charge in [0.1, 0.15) is 23.6 Å². The number of amides is 1. The number of esters is 2. The third-order valence-corrected chi connectivity index (χ3v) is 10.4. The second-order valence-corrected chi connectivity index (χ2v) is 20.7. The number of rotatable bonds is 22. The van der Waals surface area contributed by atoms with Gasteiger partial charge in [0.2, 0.25) is 5.91 Å². The number of ether oxygens (including phenoxy) is 5. The molecule has 0 aliphatic carbocycles. The lowest BCUT2D eigenvalue weighted by Crippen LogP contribution is -2.43. The minimum absolute atomic E-state index is 0.184. The van der Waals surface area contributed by atoms with E-state index in [1.807, 2.05) is 112 Å². The van der Waals surface area contributed by atoms with Crippen LogP contribution in [0.3, 0.4) is 0 Å². The Kier molecular flexibility index (Phi) is 18.2. The van der Waals surface area contributed by atoms with Crippen LogP contribution in [0.2, 0.25) is 25.7 Å². The molecular formula is C44H59NO8Si. The van der Waals surface area contributed by atoms with E-state index in [1.165, 1.54) is 6.08 Å². The largest absolute Gasteiger partial charge is 0.497 e. The minimum Gasteiger partial charge on any atom is -0.497 e. The van der Waals surface area contributed by atoms with E-state index in [0.717, 1.165) is 28.5 Å². The summed E-state index contributed by atoms with van der Waals surface area (Å²) in [7, 11) is 1.77. The van der Waals surface area contributed by atoms with Crippen LogP contribution in [0.5, 0.6) is 11.5 Å². The van der Waals surface area contributed by atoms with Crippen LogP contribution in [0, 0.1) is 11.8 Å². The van der Waals surface area contributed by atoms with E-state index in [2.05, 4.69) is 25.0 Å². The molecule has 0 radical (unpaired) electrons. The molecule has 0 aromatic heterocycles. The van der Waals surface area contributed by atoms with Gasteiger partial charge in [-0.25, -0.2) is 9.59 Å². The molecule has 3 aromatic rings. The summed E-state index contributed by atoms with van der Waals surface area (Å²) in [4.78, 5) is 40.2. The summed E-state index contributed by atoms with van der Waals surface area (Å²) in [5, 5.41) is 2.84. The molecule has 0 saturated carbocycles. The Morgan fingerprint density at radius 2 is 1.41 bits per heavy atom. The number of hydrogen-bond acceptors (Lipinski definition) is 8. The number of nitrogens with one attached hydrogen (secondary N) is 1. The molecule has 0 aliphatic rings. The summed E-state index contributed by atoms with van der Waals surface area (Å²) in [6.45, 7) is 13.2. The highest BCUT2D eigenvalue weighted by molar-refractivity contribution is 6.76. The van der Waals surface area contributed by atoms with Gasteiger partial charge < -0.3 is 29.0 Å². The maximum Gasteiger partial charge on any atom is 0.335 e. The highest BCUT2D eigenvalue weighted by Gasteiger charge is 2.28. The monoisotopic (exact) mass is 757 g/mol. The molecule has 54 heavy (non-hydrogen) atoms. The van der Waals surface area contributed by atoms with E-state index in [0.29, 0.717) is 18.8 Å². The first-order valence-electron chi connectivity index (χ1n) is 18.7. The number of hydrogen-bond donors (Lipinski definition) is 1. The Morgan fingerprint density at radius 3 is 1.98 bits per heavy atom. The first-order chi connectivity index (χ1) is 25.8. The minimum atomic E-state index is -1.43. The van der Waals surface area contributed by atoms with Crippen LogP contribution in [-0.4, -0.2) is 65.0 Å². The number of carbonyl (C=O) groups is 3. The van der Waals surface area contributed by atoms with Gasteiger partial charge in [-0.15, -0.1) is 0 Å². The van der Waals surface area contributed by atoms with E-state index < -0.39 is 44.2 Å². The normalized spacial score (nSPS) is 14.0. The van der Waals surface area contributed by atoms with Crippen molar-refractivity contribution in [2.75, 3.05) is 20.8 Å². The predicted octanol–water partition coefficient (Wildman–Crippen LogP) is 8.45. The molecule has 0 bridgehead atoms. The smallest absolute Gasteiger partial charge is 0.335 e. The van der Waals surface area contributed by atoms with Crippen LogP contribution in [0.15, 0.2) is 97.1 Å². The van der Waals surface area contributed by atoms with Crippen LogP contribution in [0.4, 0.5) is 0 Å². The zero-order chi connectivity index (χ0) is 39.5. The van der Waals surface area contributed by atoms with Crippen molar-refractivity contribution < 1.29 is 38.1 Å². The zero-order valence-electron chi connectivity index (χ0n) is 33.2. The first kappa shape index (κ1) is 43.7. The van der Waals surface area contributed by atoms with Gasteiger partial charge in [0, 0.05) is 26.8 Å². The van der Waals surface area contributed by atoms with Gasteiger partial charge in [-0.2, -0.15) is 0 Å². The number of benzene rings is 3. The highest BCUT2D eigenvalue weighted by atomic mass is 28.3.